The number of amides is 1. The molecule has 1 atom stereocenters. The lowest BCUT2D eigenvalue weighted by atomic mass is 10.0. The van der Waals surface area contributed by atoms with Gasteiger partial charge in [-0.1, -0.05) is 30.7 Å². The maximum absolute atomic E-state index is 12.4. The standard InChI is InChI=1S/C20H25ClN4O/c1-2-17-5-3-4-14-25(17)20-23-13-11-18(24-20)19(26)22-12-10-15-6-8-16(21)9-7-15/h6-9,11,13,17H,2-5,10,12,14H2,1H3,(H,22,26). The highest BCUT2D eigenvalue weighted by Gasteiger charge is 2.23. The molecular formula is C20H25ClN4O. The number of nitrogens with zero attached hydrogens (tertiary/aromatic N) is 3. The zero-order valence-electron chi connectivity index (χ0n) is 15.1. The van der Waals surface area contributed by atoms with Crippen LogP contribution >= 0.6 is 11.6 Å². The van der Waals surface area contributed by atoms with E-state index in [0.717, 1.165) is 42.8 Å². The molecule has 0 bridgehead atoms. The fourth-order valence-electron chi connectivity index (χ4n) is 3.36. The first-order valence-electron chi connectivity index (χ1n) is 9.29. The summed E-state index contributed by atoms with van der Waals surface area (Å²) in [5, 5.41) is 3.65. The van der Waals surface area contributed by atoms with Crippen molar-refractivity contribution in [3.05, 3.63) is 52.8 Å². The summed E-state index contributed by atoms with van der Waals surface area (Å²) in [6, 6.07) is 9.80. The molecule has 0 aliphatic carbocycles. The third-order valence-corrected chi connectivity index (χ3v) is 5.10. The summed E-state index contributed by atoms with van der Waals surface area (Å²) in [5.74, 6) is 0.509. The van der Waals surface area contributed by atoms with Crippen LogP contribution in [0.2, 0.25) is 5.02 Å². The number of anilines is 1. The summed E-state index contributed by atoms with van der Waals surface area (Å²) < 4.78 is 0. The second-order valence-corrected chi connectivity index (χ2v) is 7.06. The molecule has 1 unspecified atom stereocenters. The maximum Gasteiger partial charge on any atom is 0.270 e. The Hall–Kier alpha value is -2.14. The second kappa shape index (κ2) is 8.99. The maximum atomic E-state index is 12.4. The SMILES string of the molecule is CCC1CCCCN1c1nccc(C(=O)NCCc2ccc(Cl)cc2)n1. The number of nitrogens with one attached hydrogen (secondary N) is 1. The molecule has 1 aromatic heterocycles. The Kier molecular flexibility index (Phi) is 6.45. The van der Waals surface area contributed by atoms with Gasteiger partial charge in [0.1, 0.15) is 5.69 Å². The van der Waals surface area contributed by atoms with E-state index in [1.165, 1.54) is 6.42 Å². The molecule has 0 radical (unpaired) electrons. The molecule has 5 nitrogen and oxygen atoms in total. The van der Waals surface area contributed by atoms with Crippen LogP contribution in [-0.4, -0.2) is 35.0 Å². The number of hydrogen-bond acceptors (Lipinski definition) is 4. The zero-order valence-corrected chi connectivity index (χ0v) is 15.9. The predicted octanol–water partition coefficient (Wildman–Crippen LogP) is 3.87. The van der Waals surface area contributed by atoms with Gasteiger partial charge in [0.25, 0.3) is 5.91 Å². The molecule has 138 valence electrons. The van der Waals surface area contributed by atoms with E-state index >= 15 is 0 Å². The zero-order chi connectivity index (χ0) is 18.4. The number of hydrogen-bond donors (Lipinski definition) is 1. The van der Waals surface area contributed by atoms with Gasteiger partial charge in [0, 0.05) is 30.4 Å². The third-order valence-electron chi connectivity index (χ3n) is 4.84. The van der Waals surface area contributed by atoms with Gasteiger partial charge in [0.2, 0.25) is 5.95 Å². The van der Waals surface area contributed by atoms with Crippen LogP contribution < -0.4 is 10.2 Å². The molecule has 1 amide bonds. The molecule has 1 fully saturated rings. The van der Waals surface area contributed by atoms with E-state index in [4.69, 9.17) is 11.6 Å². The Morgan fingerprint density at radius 1 is 1.27 bits per heavy atom. The number of aromatic nitrogens is 2. The quantitative estimate of drug-likeness (QED) is 0.836. The molecule has 1 saturated heterocycles. The highest BCUT2D eigenvalue weighted by Crippen LogP contribution is 2.23. The summed E-state index contributed by atoms with van der Waals surface area (Å²) in [7, 11) is 0. The first-order valence-corrected chi connectivity index (χ1v) is 9.67. The van der Waals surface area contributed by atoms with Gasteiger partial charge in [0.15, 0.2) is 0 Å². The van der Waals surface area contributed by atoms with Crippen LogP contribution in [0, 0.1) is 0 Å². The van der Waals surface area contributed by atoms with Gasteiger partial charge in [-0.05, 0) is 55.9 Å². The normalized spacial score (nSPS) is 17.2. The van der Waals surface area contributed by atoms with Gasteiger partial charge in [0.05, 0.1) is 0 Å². The Balaban J connectivity index is 1.60. The van der Waals surface area contributed by atoms with Crippen LogP contribution in [0.5, 0.6) is 0 Å². The monoisotopic (exact) mass is 372 g/mol. The first kappa shape index (κ1) is 18.6. The van der Waals surface area contributed by atoms with Gasteiger partial charge in [-0.3, -0.25) is 4.79 Å². The first-order chi connectivity index (χ1) is 12.7. The molecule has 1 aliphatic rings. The van der Waals surface area contributed by atoms with Crippen molar-refractivity contribution in [3.63, 3.8) is 0 Å². The minimum absolute atomic E-state index is 0.160. The number of benzene rings is 1. The Bertz CT molecular complexity index is 735. The van der Waals surface area contributed by atoms with Crippen molar-refractivity contribution < 1.29 is 4.79 Å². The van der Waals surface area contributed by atoms with Crippen LogP contribution in [0.4, 0.5) is 5.95 Å². The summed E-state index contributed by atoms with van der Waals surface area (Å²) in [5.41, 5.74) is 1.56. The van der Waals surface area contributed by atoms with Crippen LogP contribution in [0.25, 0.3) is 0 Å². The Morgan fingerprint density at radius 3 is 2.85 bits per heavy atom. The summed E-state index contributed by atoms with van der Waals surface area (Å²) in [6.07, 6.45) is 7.07. The van der Waals surface area contributed by atoms with Crippen molar-refractivity contribution in [2.45, 2.75) is 45.1 Å². The van der Waals surface area contributed by atoms with E-state index in [2.05, 4.69) is 27.1 Å². The van der Waals surface area contributed by atoms with Gasteiger partial charge < -0.3 is 10.2 Å². The molecule has 2 aromatic rings. The Labute approximate surface area is 159 Å². The van der Waals surface area contributed by atoms with Gasteiger partial charge in [-0.15, -0.1) is 0 Å². The molecule has 0 saturated carbocycles. The van der Waals surface area contributed by atoms with E-state index in [9.17, 15) is 4.79 Å². The minimum atomic E-state index is -0.160. The van der Waals surface area contributed by atoms with E-state index in [-0.39, 0.29) is 5.91 Å². The highest BCUT2D eigenvalue weighted by atomic mass is 35.5. The fourth-order valence-corrected chi connectivity index (χ4v) is 3.49. The minimum Gasteiger partial charge on any atom is -0.350 e. The molecule has 26 heavy (non-hydrogen) atoms. The summed E-state index contributed by atoms with van der Waals surface area (Å²) in [4.78, 5) is 23.6. The van der Waals surface area contributed by atoms with E-state index in [1.54, 1.807) is 12.3 Å². The van der Waals surface area contributed by atoms with Gasteiger partial charge in [-0.25, -0.2) is 9.97 Å². The average molecular weight is 373 g/mol. The number of halogens is 1. The highest BCUT2D eigenvalue weighted by molar-refractivity contribution is 6.30. The van der Waals surface area contributed by atoms with Crippen molar-refractivity contribution in [2.75, 3.05) is 18.0 Å². The Morgan fingerprint density at radius 2 is 2.08 bits per heavy atom. The molecule has 1 aromatic carbocycles. The van der Waals surface area contributed by atoms with Crippen molar-refractivity contribution in [2.24, 2.45) is 0 Å². The summed E-state index contributed by atoms with van der Waals surface area (Å²) in [6.45, 7) is 3.71. The lowest BCUT2D eigenvalue weighted by molar-refractivity contribution is 0.0949. The smallest absolute Gasteiger partial charge is 0.270 e. The van der Waals surface area contributed by atoms with Crippen LogP contribution in [0.1, 0.15) is 48.7 Å². The van der Waals surface area contributed by atoms with Crippen LogP contribution in [0.15, 0.2) is 36.5 Å². The van der Waals surface area contributed by atoms with Crippen LogP contribution in [-0.2, 0) is 6.42 Å². The molecule has 0 spiro atoms. The molecular weight excluding hydrogens is 348 g/mol. The van der Waals surface area contributed by atoms with E-state index < -0.39 is 0 Å². The van der Waals surface area contributed by atoms with Crippen molar-refractivity contribution in [1.82, 2.24) is 15.3 Å². The van der Waals surface area contributed by atoms with Crippen LogP contribution in [0.3, 0.4) is 0 Å². The predicted molar refractivity (Wildman–Crippen MR) is 105 cm³/mol. The molecule has 1 N–H and O–H groups in total. The third kappa shape index (κ3) is 4.73. The molecule has 1 aliphatic heterocycles. The van der Waals surface area contributed by atoms with Crippen molar-refractivity contribution in [1.29, 1.82) is 0 Å². The largest absolute Gasteiger partial charge is 0.350 e. The molecule has 6 heteroatoms. The lowest BCUT2D eigenvalue weighted by Gasteiger charge is -2.35. The van der Waals surface area contributed by atoms with Gasteiger partial charge in [-0.2, -0.15) is 0 Å². The van der Waals surface area contributed by atoms with E-state index in [1.807, 2.05) is 24.3 Å². The number of carbonyl (C=O) groups is 1. The van der Waals surface area contributed by atoms with Crippen molar-refractivity contribution in [3.8, 4) is 0 Å². The number of piperidine rings is 1. The summed E-state index contributed by atoms with van der Waals surface area (Å²) >= 11 is 5.89. The lowest BCUT2D eigenvalue weighted by Crippen LogP contribution is -2.40. The number of rotatable bonds is 6. The average Bonchev–Trinajstić information content (AvgIpc) is 2.69. The van der Waals surface area contributed by atoms with Crippen molar-refractivity contribution >= 4 is 23.5 Å². The molecule has 2 heterocycles. The topological polar surface area (TPSA) is 58.1 Å². The van der Waals surface area contributed by atoms with E-state index in [0.29, 0.717) is 24.2 Å². The van der Waals surface area contributed by atoms with Gasteiger partial charge >= 0.3 is 0 Å². The second-order valence-electron chi connectivity index (χ2n) is 6.63. The number of carbonyl (C=O) groups excluding carboxylic acids is 1. The molecule has 3 rings (SSSR count). The fraction of sp³-hybridized carbons (Fsp3) is 0.450.